The highest BCUT2D eigenvalue weighted by atomic mass is 32.2. The molecule has 0 radical (unpaired) electrons. The van der Waals surface area contributed by atoms with Crippen molar-refractivity contribution in [2.45, 2.75) is 38.6 Å². The second-order valence-corrected chi connectivity index (χ2v) is 6.65. The Hall–Kier alpha value is -0.0600. The van der Waals surface area contributed by atoms with E-state index in [9.17, 15) is 0 Å². The lowest BCUT2D eigenvalue weighted by Gasteiger charge is -2.14. The summed E-state index contributed by atoms with van der Waals surface area (Å²) in [6.45, 7) is 6.56. The number of hydrogen-bond donors (Lipinski definition) is 1. The standard InChI is InChI=1S/C11H20N2S2/c1-11(2,3)9-7-15-10(13-9)5-8(12)6-14-4/h7-8H,5-6,12H2,1-4H3. The molecule has 1 aromatic heterocycles. The molecule has 2 N–H and O–H groups in total. The van der Waals surface area contributed by atoms with Gasteiger partial charge in [0, 0.05) is 29.0 Å². The van der Waals surface area contributed by atoms with Crippen LogP contribution in [-0.2, 0) is 11.8 Å². The zero-order valence-electron chi connectivity index (χ0n) is 9.91. The van der Waals surface area contributed by atoms with Crippen molar-refractivity contribution in [1.82, 2.24) is 4.98 Å². The smallest absolute Gasteiger partial charge is 0.0944 e. The zero-order chi connectivity index (χ0) is 11.5. The summed E-state index contributed by atoms with van der Waals surface area (Å²) in [6, 6.07) is 0.235. The maximum absolute atomic E-state index is 5.98. The van der Waals surface area contributed by atoms with Crippen LogP contribution in [0, 0.1) is 0 Å². The molecule has 0 aliphatic rings. The minimum atomic E-state index is 0.151. The molecule has 0 aliphatic heterocycles. The molecule has 86 valence electrons. The third-order valence-corrected chi connectivity index (χ3v) is 3.77. The molecule has 0 saturated heterocycles. The van der Waals surface area contributed by atoms with Gasteiger partial charge in [-0.05, 0) is 6.26 Å². The van der Waals surface area contributed by atoms with Gasteiger partial charge in [0.05, 0.1) is 10.7 Å². The predicted molar refractivity (Wildman–Crippen MR) is 70.9 cm³/mol. The van der Waals surface area contributed by atoms with Crippen LogP contribution < -0.4 is 5.73 Å². The fourth-order valence-corrected chi connectivity index (χ4v) is 2.91. The highest BCUT2D eigenvalue weighted by molar-refractivity contribution is 7.98. The SMILES string of the molecule is CSCC(N)Cc1nc(C(C)(C)C)cs1. The Labute approximate surface area is 101 Å². The lowest BCUT2D eigenvalue weighted by molar-refractivity contribution is 0.569. The van der Waals surface area contributed by atoms with Crippen molar-refractivity contribution < 1.29 is 0 Å². The Kier molecular flexibility index (Phi) is 4.62. The van der Waals surface area contributed by atoms with Crippen molar-refractivity contribution >= 4 is 23.1 Å². The van der Waals surface area contributed by atoms with Gasteiger partial charge in [-0.15, -0.1) is 11.3 Å². The van der Waals surface area contributed by atoms with Crippen LogP contribution in [0.5, 0.6) is 0 Å². The molecule has 15 heavy (non-hydrogen) atoms. The summed E-state index contributed by atoms with van der Waals surface area (Å²) in [4.78, 5) is 4.63. The quantitative estimate of drug-likeness (QED) is 0.885. The van der Waals surface area contributed by atoms with Gasteiger partial charge in [-0.25, -0.2) is 4.98 Å². The maximum atomic E-state index is 5.98. The first-order valence-electron chi connectivity index (χ1n) is 5.13. The number of aromatic nitrogens is 1. The van der Waals surface area contributed by atoms with E-state index >= 15 is 0 Å². The third kappa shape index (κ3) is 4.13. The number of nitrogens with zero attached hydrogens (tertiary/aromatic N) is 1. The van der Waals surface area contributed by atoms with Gasteiger partial charge in [0.2, 0.25) is 0 Å². The lowest BCUT2D eigenvalue weighted by Crippen LogP contribution is -2.25. The zero-order valence-corrected chi connectivity index (χ0v) is 11.5. The summed E-state index contributed by atoms with van der Waals surface area (Å²) >= 11 is 3.52. The molecule has 0 aromatic carbocycles. The molecular formula is C11H20N2S2. The first-order chi connectivity index (χ1) is 6.93. The molecule has 1 heterocycles. The molecule has 1 unspecified atom stereocenters. The maximum Gasteiger partial charge on any atom is 0.0944 e. The van der Waals surface area contributed by atoms with Crippen molar-refractivity contribution in [3.05, 3.63) is 16.1 Å². The number of hydrogen-bond acceptors (Lipinski definition) is 4. The third-order valence-electron chi connectivity index (χ3n) is 2.14. The second kappa shape index (κ2) is 5.32. The molecule has 0 spiro atoms. The van der Waals surface area contributed by atoms with E-state index in [4.69, 9.17) is 5.73 Å². The average Bonchev–Trinajstić information content (AvgIpc) is 2.52. The summed E-state index contributed by atoms with van der Waals surface area (Å²) < 4.78 is 0. The normalized spacial score (nSPS) is 14.2. The predicted octanol–water partition coefficient (Wildman–Crippen LogP) is 2.67. The molecule has 1 aromatic rings. The van der Waals surface area contributed by atoms with Crippen LogP contribution >= 0.6 is 23.1 Å². The van der Waals surface area contributed by atoms with Gasteiger partial charge >= 0.3 is 0 Å². The van der Waals surface area contributed by atoms with Gasteiger partial charge in [0.25, 0.3) is 0 Å². The average molecular weight is 244 g/mol. The molecular weight excluding hydrogens is 224 g/mol. The Balaban J connectivity index is 2.61. The van der Waals surface area contributed by atoms with E-state index in [2.05, 4.69) is 37.4 Å². The molecule has 0 bridgehead atoms. The van der Waals surface area contributed by atoms with Crippen LogP contribution in [0.3, 0.4) is 0 Å². The van der Waals surface area contributed by atoms with E-state index in [1.807, 2.05) is 0 Å². The molecule has 0 amide bonds. The van der Waals surface area contributed by atoms with Crippen LogP contribution in [0.25, 0.3) is 0 Å². The minimum Gasteiger partial charge on any atom is -0.327 e. The molecule has 1 atom stereocenters. The largest absolute Gasteiger partial charge is 0.327 e. The molecule has 2 nitrogen and oxygen atoms in total. The molecule has 0 aliphatic carbocycles. The summed E-state index contributed by atoms with van der Waals surface area (Å²) in [5, 5.41) is 3.32. The lowest BCUT2D eigenvalue weighted by atomic mass is 9.93. The van der Waals surface area contributed by atoms with Gasteiger partial charge in [-0.3, -0.25) is 0 Å². The number of thioether (sulfide) groups is 1. The van der Waals surface area contributed by atoms with Gasteiger partial charge in [0.1, 0.15) is 0 Å². The second-order valence-electron chi connectivity index (χ2n) is 4.80. The van der Waals surface area contributed by atoms with Gasteiger partial charge in [-0.2, -0.15) is 11.8 Å². The fraction of sp³-hybridized carbons (Fsp3) is 0.727. The van der Waals surface area contributed by atoms with Gasteiger partial charge < -0.3 is 5.73 Å². The van der Waals surface area contributed by atoms with E-state index < -0.39 is 0 Å². The minimum absolute atomic E-state index is 0.151. The first-order valence-corrected chi connectivity index (χ1v) is 7.40. The van der Waals surface area contributed by atoms with Crippen molar-refractivity contribution in [1.29, 1.82) is 0 Å². The monoisotopic (exact) mass is 244 g/mol. The van der Waals surface area contributed by atoms with Crippen LogP contribution in [0.4, 0.5) is 0 Å². The Morgan fingerprint density at radius 2 is 2.20 bits per heavy atom. The molecule has 0 fully saturated rings. The van der Waals surface area contributed by atoms with Crippen LogP contribution in [0.2, 0.25) is 0 Å². The Bertz CT molecular complexity index is 302. The van der Waals surface area contributed by atoms with E-state index in [0.717, 1.165) is 12.2 Å². The fourth-order valence-electron chi connectivity index (χ4n) is 1.25. The Morgan fingerprint density at radius 3 is 2.67 bits per heavy atom. The number of nitrogens with two attached hydrogens (primary N) is 1. The molecule has 4 heteroatoms. The van der Waals surface area contributed by atoms with Gasteiger partial charge in [-0.1, -0.05) is 20.8 Å². The summed E-state index contributed by atoms with van der Waals surface area (Å²) in [6.07, 6.45) is 2.99. The van der Waals surface area contributed by atoms with Crippen LogP contribution in [-0.4, -0.2) is 23.0 Å². The van der Waals surface area contributed by atoms with Crippen molar-refractivity contribution in [3.8, 4) is 0 Å². The van der Waals surface area contributed by atoms with Crippen LogP contribution in [0.1, 0.15) is 31.5 Å². The van der Waals surface area contributed by atoms with Crippen molar-refractivity contribution in [2.75, 3.05) is 12.0 Å². The van der Waals surface area contributed by atoms with Crippen molar-refractivity contribution in [3.63, 3.8) is 0 Å². The molecule has 0 saturated carbocycles. The number of thiazole rings is 1. The first kappa shape index (κ1) is 13.0. The van der Waals surface area contributed by atoms with Crippen LogP contribution in [0.15, 0.2) is 5.38 Å². The summed E-state index contributed by atoms with van der Waals surface area (Å²) in [7, 11) is 0. The topological polar surface area (TPSA) is 38.9 Å². The highest BCUT2D eigenvalue weighted by Gasteiger charge is 2.17. The Morgan fingerprint density at radius 1 is 1.53 bits per heavy atom. The van der Waals surface area contributed by atoms with Crippen molar-refractivity contribution in [2.24, 2.45) is 5.73 Å². The highest BCUT2D eigenvalue weighted by Crippen LogP contribution is 2.24. The number of rotatable bonds is 4. The van der Waals surface area contributed by atoms with E-state index in [0.29, 0.717) is 0 Å². The summed E-state index contributed by atoms with van der Waals surface area (Å²) in [5.74, 6) is 1.00. The molecule has 1 rings (SSSR count). The van der Waals surface area contributed by atoms with E-state index in [1.165, 1.54) is 10.7 Å². The van der Waals surface area contributed by atoms with Gasteiger partial charge in [0.15, 0.2) is 0 Å². The summed E-state index contributed by atoms with van der Waals surface area (Å²) in [5.41, 5.74) is 7.31. The van der Waals surface area contributed by atoms with E-state index in [-0.39, 0.29) is 11.5 Å². The van der Waals surface area contributed by atoms with E-state index in [1.54, 1.807) is 23.1 Å².